The quantitative estimate of drug-likeness (QED) is 0.570. The van der Waals surface area contributed by atoms with Crippen LogP contribution in [0.15, 0.2) is 0 Å². The molecule has 0 radical (unpaired) electrons. The zero-order valence-electron chi connectivity index (χ0n) is 9.89. The summed E-state index contributed by atoms with van der Waals surface area (Å²) in [6, 6.07) is 0. The molecule has 0 aromatic carbocycles. The molecule has 0 fully saturated rings. The fourth-order valence-corrected chi connectivity index (χ4v) is 0.901. The van der Waals surface area contributed by atoms with Crippen LogP contribution in [-0.2, 0) is 9.47 Å². The lowest BCUT2D eigenvalue weighted by Gasteiger charge is -2.03. The van der Waals surface area contributed by atoms with Crippen molar-refractivity contribution in [2.45, 2.75) is 39.5 Å². The Bertz CT molecular complexity index is 72.5. The predicted octanol–water partition coefficient (Wildman–Crippen LogP) is 2.94. The first kappa shape index (κ1) is 19.4. The van der Waals surface area contributed by atoms with Gasteiger partial charge in [0, 0.05) is 26.4 Å². The van der Waals surface area contributed by atoms with Crippen LogP contribution in [0, 0.1) is 0 Å². The van der Waals surface area contributed by atoms with Crippen molar-refractivity contribution in [1.29, 1.82) is 0 Å². The summed E-state index contributed by atoms with van der Waals surface area (Å²) < 4.78 is 10.7. The second-order valence-corrected chi connectivity index (χ2v) is 2.93. The Labute approximate surface area is 88.5 Å². The fourth-order valence-electron chi connectivity index (χ4n) is 0.901. The molecule has 0 heterocycles. The molecule has 0 aliphatic rings. The SMILES string of the molecule is CCCOCCCCOCCC.N.N. The predicted molar refractivity (Wildman–Crippen MR) is 61.5 cm³/mol. The largest absolute Gasteiger partial charge is 0.381 e. The molecule has 0 aliphatic heterocycles. The molecule has 0 saturated carbocycles. The van der Waals surface area contributed by atoms with E-state index in [9.17, 15) is 0 Å². The molecule has 0 unspecified atom stereocenters. The number of rotatable bonds is 9. The lowest BCUT2D eigenvalue weighted by Crippen LogP contribution is -2.00. The Kier molecular flexibility index (Phi) is 25.8. The van der Waals surface area contributed by atoms with Gasteiger partial charge in [-0.2, -0.15) is 0 Å². The van der Waals surface area contributed by atoms with Crippen LogP contribution in [0.4, 0.5) is 0 Å². The molecule has 0 aromatic heterocycles. The van der Waals surface area contributed by atoms with E-state index < -0.39 is 0 Å². The number of unbranched alkanes of at least 4 members (excludes halogenated alkanes) is 1. The monoisotopic (exact) mass is 208 g/mol. The van der Waals surface area contributed by atoms with E-state index in [1.165, 1.54) is 0 Å². The van der Waals surface area contributed by atoms with Gasteiger partial charge in [-0.05, 0) is 25.7 Å². The molecule has 0 aromatic rings. The minimum Gasteiger partial charge on any atom is -0.381 e. The summed E-state index contributed by atoms with van der Waals surface area (Å²) in [5.41, 5.74) is 0. The van der Waals surface area contributed by atoms with Crippen molar-refractivity contribution in [3.8, 4) is 0 Å². The Balaban J connectivity index is -0.000000605. The second-order valence-electron chi connectivity index (χ2n) is 2.93. The summed E-state index contributed by atoms with van der Waals surface area (Å²) in [6.45, 7) is 7.84. The average molecular weight is 208 g/mol. The summed E-state index contributed by atoms with van der Waals surface area (Å²) >= 11 is 0. The van der Waals surface area contributed by atoms with E-state index >= 15 is 0 Å². The minimum atomic E-state index is 0. The third-order valence-electron chi connectivity index (χ3n) is 1.52. The molecule has 90 valence electrons. The standard InChI is InChI=1S/C10H22O2.2H3N/c1-3-7-11-9-5-6-10-12-8-4-2;;/h3-10H2,1-2H3;2*1H3. The van der Waals surface area contributed by atoms with Gasteiger partial charge in [-0.1, -0.05) is 13.8 Å². The third kappa shape index (κ3) is 17.8. The Morgan fingerprint density at radius 1 is 0.643 bits per heavy atom. The van der Waals surface area contributed by atoms with Gasteiger partial charge in [0.2, 0.25) is 0 Å². The highest BCUT2D eigenvalue weighted by atomic mass is 16.5. The van der Waals surface area contributed by atoms with Gasteiger partial charge in [-0.3, -0.25) is 0 Å². The van der Waals surface area contributed by atoms with Crippen LogP contribution in [0.25, 0.3) is 0 Å². The molecule has 0 aliphatic carbocycles. The molecule has 14 heavy (non-hydrogen) atoms. The lowest BCUT2D eigenvalue weighted by atomic mass is 10.3. The van der Waals surface area contributed by atoms with Gasteiger partial charge < -0.3 is 21.8 Å². The van der Waals surface area contributed by atoms with E-state index in [1.54, 1.807) is 0 Å². The van der Waals surface area contributed by atoms with Crippen molar-refractivity contribution < 1.29 is 9.47 Å². The maximum absolute atomic E-state index is 5.33. The van der Waals surface area contributed by atoms with Crippen LogP contribution >= 0.6 is 0 Å². The summed E-state index contributed by atoms with van der Waals surface area (Å²) in [5.74, 6) is 0. The highest BCUT2D eigenvalue weighted by Crippen LogP contribution is 1.92. The summed E-state index contributed by atoms with van der Waals surface area (Å²) in [5, 5.41) is 0. The van der Waals surface area contributed by atoms with Crippen molar-refractivity contribution in [1.82, 2.24) is 12.3 Å². The lowest BCUT2D eigenvalue weighted by molar-refractivity contribution is 0.103. The smallest absolute Gasteiger partial charge is 0.0466 e. The number of hydrogen-bond acceptors (Lipinski definition) is 4. The molecule has 6 N–H and O–H groups in total. The normalized spacial score (nSPS) is 9.00. The first-order valence-corrected chi connectivity index (χ1v) is 5.07. The molecule has 0 atom stereocenters. The molecule has 4 heteroatoms. The molecule has 0 amide bonds. The van der Waals surface area contributed by atoms with E-state index in [2.05, 4.69) is 13.8 Å². The minimum absolute atomic E-state index is 0. The maximum Gasteiger partial charge on any atom is 0.0466 e. The van der Waals surface area contributed by atoms with Gasteiger partial charge in [0.1, 0.15) is 0 Å². The van der Waals surface area contributed by atoms with Gasteiger partial charge >= 0.3 is 0 Å². The zero-order chi connectivity index (χ0) is 9.07. The summed E-state index contributed by atoms with van der Waals surface area (Å²) in [7, 11) is 0. The molecule has 0 rings (SSSR count). The Morgan fingerprint density at radius 3 is 1.29 bits per heavy atom. The number of ether oxygens (including phenoxy) is 2. The van der Waals surface area contributed by atoms with Crippen molar-refractivity contribution in [2.75, 3.05) is 26.4 Å². The van der Waals surface area contributed by atoms with E-state index in [0.717, 1.165) is 52.1 Å². The van der Waals surface area contributed by atoms with Crippen molar-refractivity contribution in [3.63, 3.8) is 0 Å². The van der Waals surface area contributed by atoms with Crippen molar-refractivity contribution >= 4 is 0 Å². The highest BCUT2D eigenvalue weighted by Gasteiger charge is 1.89. The van der Waals surface area contributed by atoms with E-state index in [1.807, 2.05) is 0 Å². The second kappa shape index (κ2) is 18.6. The Hall–Kier alpha value is -0.160. The van der Waals surface area contributed by atoms with Crippen LogP contribution in [0.2, 0.25) is 0 Å². The maximum atomic E-state index is 5.33. The van der Waals surface area contributed by atoms with Crippen LogP contribution in [0.3, 0.4) is 0 Å². The molecule has 0 bridgehead atoms. The average Bonchev–Trinajstić information content (AvgIpc) is 2.10. The molecular formula is C10H28N2O2. The first-order chi connectivity index (χ1) is 5.91. The topological polar surface area (TPSA) is 88.5 Å². The van der Waals surface area contributed by atoms with Gasteiger partial charge in [0.05, 0.1) is 0 Å². The van der Waals surface area contributed by atoms with Gasteiger partial charge in [-0.15, -0.1) is 0 Å². The molecular weight excluding hydrogens is 180 g/mol. The zero-order valence-corrected chi connectivity index (χ0v) is 9.89. The van der Waals surface area contributed by atoms with E-state index in [-0.39, 0.29) is 12.3 Å². The van der Waals surface area contributed by atoms with Crippen LogP contribution in [0.1, 0.15) is 39.5 Å². The fraction of sp³-hybridized carbons (Fsp3) is 1.00. The van der Waals surface area contributed by atoms with Crippen molar-refractivity contribution in [2.24, 2.45) is 0 Å². The first-order valence-electron chi connectivity index (χ1n) is 5.07. The third-order valence-corrected chi connectivity index (χ3v) is 1.52. The van der Waals surface area contributed by atoms with Gasteiger partial charge in [0.15, 0.2) is 0 Å². The van der Waals surface area contributed by atoms with Crippen molar-refractivity contribution in [3.05, 3.63) is 0 Å². The summed E-state index contributed by atoms with van der Waals surface area (Å²) in [6.07, 6.45) is 4.49. The highest BCUT2D eigenvalue weighted by molar-refractivity contribution is 4.38. The molecule has 4 nitrogen and oxygen atoms in total. The van der Waals surface area contributed by atoms with Gasteiger partial charge in [0.25, 0.3) is 0 Å². The molecule has 0 spiro atoms. The van der Waals surface area contributed by atoms with E-state index in [0.29, 0.717) is 0 Å². The van der Waals surface area contributed by atoms with Crippen LogP contribution in [-0.4, -0.2) is 26.4 Å². The Morgan fingerprint density at radius 2 is 1.00 bits per heavy atom. The van der Waals surface area contributed by atoms with Crippen LogP contribution in [0.5, 0.6) is 0 Å². The van der Waals surface area contributed by atoms with E-state index in [4.69, 9.17) is 9.47 Å². The molecule has 0 saturated heterocycles. The number of hydrogen-bond donors (Lipinski definition) is 2. The summed E-state index contributed by atoms with van der Waals surface area (Å²) in [4.78, 5) is 0. The van der Waals surface area contributed by atoms with Crippen LogP contribution < -0.4 is 12.3 Å². The van der Waals surface area contributed by atoms with Gasteiger partial charge in [-0.25, -0.2) is 0 Å².